The first kappa shape index (κ1) is 24.7. The minimum atomic E-state index is -4.13. The van der Waals surface area contributed by atoms with Crippen molar-refractivity contribution < 1.29 is 27.8 Å². The van der Waals surface area contributed by atoms with Crippen LogP contribution in [0.15, 0.2) is 30.3 Å². The average molecular weight is 510 g/mol. The summed E-state index contributed by atoms with van der Waals surface area (Å²) < 4.78 is 44.8. The highest BCUT2D eigenvalue weighted by Crippen LogP contribution is 2.41. The molecule has 2 unspecified atom stereocenters. The van der Waals surface area contributed by atoms with Crippen LogP contribution in [0.2, 0.25) is 5.02 Å². The van der Waals surface area contributed by atoms with E-state index in [0.717, 1.165) is 49.4 Å². The predicted molar refractivity (Wildman–Crippen MR) is 129 cm³/mol. The van der Waals surface area contributed by atoms with Crippen molar-refractivity contribution >= 4 is 28.3 Å². The third-order valence-electron chi connectivity index (χ3n) is 8.31. The van der Waals surface area contributed by atoms with Gasteiger partial charge in [-0.1, -0.05) is 35.9 Å². The van der Waals surface area contributed by atoms with Gasteiger partial charge >= 0.3 is 12.1 Å². The molecule has 0 spiro atoms. The van der Waals surface area contributed by atoms with Gasteiger partial charge in [0, 0.05) is 24.0 Å². The van der Waals surface area contributed by atoms with Crippen molar-refractivity contribution in [2.45, 2.75) is 82.2 Å². The van der Waals surface area contributed by atoms with Crippen LogP contribution >= 0.6 is 11.6 Å². The minimum Gasteiger partial charge on any atom is -0.489 e. The van der Waals surface area contributed by atoms with Crippen LogP contribution in [0.3, 0.4) is 0 Å². The molecule has 1 aliphatic carbocycles. The van der Waals surface area contributed by atoms with Gasteiger partial charge in [0.15, 0.2) is 0 Å². The maximum absolute atomic E-state index is 12.9. The lowest BCUT2D eigenvalue weighted by Crippen LogP contribution is -2.45. The summed E-state index contributed by atoms with van der Waals surface area (Å²) in [5.41, 5.74) is 1.20. The van der Waals surface area contributed by atoms with Crippen LogP contribution in [0.5, 0.6) is 5.75 Å². The van der Waals surface area contributed by atoms with E-state index in [9.17, 15) is 23.1 Å². The van der Waals surface area contributed by atoms with Crippen LogP contribution in [-0.4, -0.2) is 46.9 Å². The molecule has 2 bridgehead atoms. The number of alkyl halides is 3. The van der Waals surface area contributed by atoms with Gasteiger partial charge in [-0.2, -0.15) is 13.2 Å². The number of hydrogen-bond donors (Lipinski definition) is 1. The molecule has 2 heterocycles. The molecule has 8 heteroatoms. The zero-order valence-corrected chi connectivity index (χ0v) is 20.3. The van der Waals surface area contributed by atoms with Gasteiger partial charge in [-0.05, 0) is 74.8 Å². The highest BCUT2D eigenvalue weighted by Gasteiger charge is 2.43. The molecule has 190 valence electrons. The van der Waals surface area contributed by atoms with Crippen LogP contribution < -0.4 is 4.74 Å². The first-order chi connectivity index (χ1) is 16.7. The Morgan fingerprint density at radius 2 is 1.71 bits per heavy atom. The Morgan fingerprint density at radius 1 is 1.03 bits per heavy atom. The first-order valence-electron chi connectivity index (χ1n) is 12.6. The van der Waals surface area contributed by atoms with Crippen molar-refractivity contribution in [3.05, 3.63) is 40.9 Å². The lowest BCUT2D eigenvalue weighted by molar-refractivity contribution is -0.185. The van der Waals surface area contributed by atoms with Crippen molar-refractivity contribution in [3.8, 4) is 5.75 Å². The summed E-state index contributed by atoms with van der Waals surface area (Å²) >= 11 is 6.64. The fourth-order valence-electron chi connectivity index (χ4n) is 6.35. The van der Waals surface area contributed by atoms with E-state index in [4.69, 9.17) is 16.3 Å². The summed E-state index contributed by atoms with van der Waals surface area (Å²) in [4.78, 5) is 13.9. The monoisotopic (exact) mass is 509 g/mol. The Morgan fingerprint density at radius 3 is 2.34 bits per heavy atom. The highest BCUT2D eigenvalue weighted by atomic mass is 35.5. The van der Waals surface area contributed by atoms with Gasteiger partial charge in [0.25, 0.3) is 0 Å². The zero-order chi connectivity index (χ0) is 24.7. The highest BCUT2D eigenvalue weighted by molar-refractivity contribution is 6.37. The molecule has 4 nitrogen and oxygen atoms in total. The molecule has 2 atom stereocenters. The first-order valence-corrected chi connectivity index (χ1v) is 13.0. The summed E-state index contributed by atoms with van der Waals surface area (Å²) in [6.45, 7) is 0.919. The zero-order valence-electron chi connectivity index (χ0n) is 19.6. The van der Waals surface area contributed by atoms with Crippen LogP contribution in [0.1, 0.15) is 56.9 Å². The van der Waals surface area contributed by atoms with E-state index < -0.39 is 18.1 Å². The van der Waals surface area contributed by atoms with Crippen molar-refractivity contribution in [3.63, 3.8) is 0 Å². The maximum Gasteiger partial charge on any atom is 0.391 e. The van der Waals surface area contributed by atoms with E-state index in [2.05, 4.69) is 17.0 Å². The summed E-state index contributed by atoms with van der Waals surface area (Å²) in [6, 6.07) is 10.7. The Balaban J connectivity index is 1.21. The number of piperidine rings is 1. The normalized spacial score (nSPS) is 29.4. The number of benzene rings is 2. The van der Waals surface area contributed by atoms with E-state index in [-0.39, 0.29) is 24.9 Å². The van der Waals surface area contributed by atoms with Crippen molar-refractivity contribution in [2.24, 2.45) is 11.8 Å². The molecule has 5 rings (SSSR count). The van der Waals surface area contributed by atoms with E-state index in [1.807, 2.05) is 18.2 Å². The Bertz CT molecular complexity index is 1070. The summed E-state index contributed by atoms with van der Waals surface area (Å²) in [5.74, 6) is -1.57. The molecule has 3 fully saturated rings. The molecule has 2 aromatic carbocycles. The number of carboxylic acids is 1. The molecule has 0 amide bonds. The number of carbonyl (C=O) groups is 1. The quantitative estimate of drug-likeness (QED) is 0.462. The van der Waals surface area contributed by atoms with Crippen LogP contribution in [0.25, 0.3) is 10.8 Å². The van der Waals surface area contributed by atoms with E-state index in [1.54, 1.807) is 0 Å². The molecular weight excluding hydrogens is 479 g/mol. The molecule has 0 aromatic heterocycles. The number of hydrogen-bond acceptors (Lipinski definition) is 3. The van der Waals surface area contributed by atoms with Crippen molar-refractivity contribution in [1.29, 1.82) is 0 Å². The molecule has 3 aliphatic rings. The summed E-state index contributed by atoms with van der Waals surface area (Å²) in [5, 5.41) is 11.8. The molecule has 1 N–H and O–H groups in total. The predicted octanol–water partition coefficient (Wildman–Crippen LogP) is 6.86. The second kappa shape index (κ2) is 9.81. The fraction of sp³-hybridized carbons (Fsp3) is 0.593. The lowest BCUT2D eigenvalue weighted by atomic mass is 9.87. The van der Waals surface area contributed by atoms with E-state index in [1.165, 1.54) is 5.56 Å². The van der Waals surface area contributed by atoms with Crippen LogP contribution in [-0.2, 0) is 11.2 Å². The van der Waals surface area contributed by atoms with E-state index in [0.29, 0.717) is 35.7 Å². The number of ether oxygens (including phenoxy) is 1. The number of fused-ring (bicyclic) bond motifs is 3. The average Bonchev–Trinajstić information content (AvgIpc) is 3.05. The molecule has 1 saturated carbocycles. The van der Waals surface area contributed by atoms with Gasteiger partial charge < -0.3 is 9.84 Å². The number of rotatable bonds is 6. The van der Waals surface area contributed by atoms with Gasteiger partial charge in [0.05, 0.1) is 23.0 Å². The van der Waals surface area contributed by atoms with Crippen LogP contribution in [0, 0.1) is 11.8 Å². The van der Waals surface area contributed by atoms with Gasteiger partial charge in [0.2, 0.25) is 0 Å². The van der Waals surface area contributed by atoms with Gasteiger partial charge in [-0.25, -0.2) is 0 Å². The number of carboxylic acid groups (broad SMARTS) is 1. The SMILES string of the molecule is O=C(O)C1CC2CCC(C1)N2CCc1ccc2c(Cl)c(O[C@H]3CC[C@@H](C(F)(F)F)CC3)ccc2c1. The largest absolute Gasteiger partial charge is 0.489 e. The lowest BCUT2D eigenvalue weighted by Gasteiger charge is -2.37. The summed E-state index contributed by atoms with van der Waals surface area (Å²) in [6.07, 6.45) is 1.13. The maximum atomic E-state index is 12.9. The molecule has 2 saturated heterocycles. The number of halogens is 4. The van der Waals surface area contributed by atoms with Crippen molar-refractivity contribution in [2.75, 3.05) is 6.54 Å². The Hall–Kier alpha value is -1.99. The van der Waals surface area contributed by atoms with Gasteiger partial charge in [0.1, 0.15) is 5.75 Å². The topological polar surface area (TPSA) is 49.8 Å². The third-order valence-corrected chi connectivity index (χ3v) is 8.70. The molecule has 35 heavy (non-hydrogen) atoms. The molecular formula is C27H31ClF3NO3. The Labute approximate surface area is 208 Å². The molecule has 2 aromatic rings. The minimum absolute atomic E-state index is 0.0957. The fourth-order valence-corrected chi connectivity index (χ4v) is 6.63. The molecule has 0 radical (unpaired) electrons. The number of nitrogens with zero attached hydrogens (tertiary/aromatic N) is 1. The second-order valence-corrected chi connectivity index (χ2v) is 10.8. The van der Waals surface area contributed by atoms with E-state index >= 15 is 0 Å². The van der Waals surface area contributed by atoms with Crippen molar-refractivity contribution in [1.82, 2.24) is 4.90 Å². The Kier molecular flexibility index (Phi) is 6.92. The third kappa shape index (κ3) is 5.26. The molecule has 2 aliphatic heterocycles. The van der Waals surface area contributed by atoms with Gasteiger partial charge in [-0.3, -0.25) is 9.69 Å². The van der Waals surface area contributed by atoms with Crippen LogP contribution in [0.4, 0.5) is 13.2 Å². The summed E-state index contributed by atoms with van der Waals surface area (Å²) in [7, 11) is 0. The second-order valence-electron chi connectivity index (χ2n) is 10.4. The number of aliphatic carboxylic acids is 1. The van der Waals surface area contributed by atoms with Gasteiger partial charge in [-0.15, -0.1) is 0 Å². The standard InChI is InChI=1S/C27H31ClF3NO3/c28-25-23-9-1-16(11-12-32-20-5-6-21(32)15-18(14-20)26(33)34)13-17(23)2-10-24(25)35-22-7-3-19(4-8-22)27(29,30)31/h1-2,9-10,13,18-22H,3-8,11-12,14-15H2,(H,33,34)/t18?,19-,20?,21?,22+. The smallest absolute Gasteiger partial charge is 0.391 e.